The maximum Gasteiger partial charge on any atom is 0.0543 e. The number of pyridine rings is 1. The monoisotopic (exact) mass is 261 g/mol. The van der Waals surface area contributed by atoms with E-state index in [0.717, 1.165) is 31.5 Å². The number of rotatable bonds is 6. The Bertz CT molecular complexity index is 352. The molecule has 1 fully saturated rings. The number of aromatic nitrogens is 1. The Kier molecular flexibility index (Phi) is 5.80. The number of nitrogens with zero attached hydrogens (tertiary/aromatic N) is 2. The first kappa shape index (κ1) is 14.5. The molecule has 0 amide bonds. The van der Waals surface area contributed by atoms with E-state index in [1.807, 2.05) is 12.3 Å². The fourth-order valence-electron chi connectivity index (χ4n) is 3.19. The molecule has 0 aromatic carbocycles. The molecule has 0 saturated heterocycles. The SMILES string of the molecule is CCN(Cc1ccccn1)CC1CCCCC1CN. The van der Waals surface area contributed by atoms with E-state index in [0.29, 0.717) is 0 Å². The van der Waals surface area contributed by atoms with Gasteiger partial charge in [0.15, 0.2) is 0 Å². The molecule has 0 bridgehead atoms. The van der Waals surface area contributed by atoms with Crippen molar-refractivity contribution >= 4 is 0 Å². The van der Waals surface area contributed by atoms with Crippen molar-refractivity contribution in [3.8, 4) is 0 Å². The third-order valence-corrected chi connectivity index (χ3v) is 4.42. The third-order valence-electron chi connectivity index (χ3n) is 4.42. The molecule has 0 radical (unpaired) electrons. The van der Waals surface area contributed by atoms with E-state index in [9.17, 15) is 0 Å². The van der Waals surface area contributed by atoms with Gasteiger partial charge >= 0.3 is 0 Å². The van der Waals surface area contributed by atoms with Gasteiger partial charge in [-0.1, -0.05) is 25.8 Å². The summed E-state index contributed by atoms with van der Waals surface area (Å²) in [7, 11) is 0. The van der Waals surface area contributed by atoms with Crippen molar-refractivity contribution in [3.63, 3.8) is 0 Å². The predicted octanol–water partition coefficient (Wildman–Crippen LogP) is 2.67. The van der Waals surface area contributed by atoms with Crippen LogP contribution in [0.15, 0.2) is 24.4 Å². The molecule has 1 aliphatic carbocycles. The van der Waals surface area contributed by atoms with Crippen molar-refractivity contribution in [2.24, 2.45) is 17.6 Å². The molecule has 3 nitrogen and oxygen atoms in total. The van der Waals surface area contributed by atoms with Crippen LogP contribution in [0.3, 0.4) is 0 Å². The molecule has 0 spiro atoms. The first-order chi connectivity index (χ1) is 9.33. The normalized spacial score (nSPS) is 23.7. The van der Waals surface area contributed by atoms with Crippen molar-refractivity contribution in [2.45, 2.75) is 39.2 Å². The van der Waals surface area contributed by atoms with Crippen LogP contribution in [0.2, 0.25) is 0 Å². The predicted molar refractivity (Wildman–Crippen MR) is 79.7 cm³/mol. The van der Waals surface area contributed by atoms with E-state index in [1.54, 1.807) is 0 Å². The second-order valence-electron chi connectivity index (χ2n) is 5.69. The van der Waals surface area contributed by atoms with Crippen LogP contribution in [0.4, 0.5) is 0 Å². The van der Waals surface area contributed by atoms with Crippen LogP contribution in [0, 0.1) is 11.8 Å². The molecular weight excluding hydrogens is 234 g/mol. The van der Waals surface area contributed by atoms with Gasteiger partial charge in [-0.05, 0) is 49.9 Å². The van der Waals surface area contributed by atoms with E-state index in [1.165, 1.54) is 37.9 Å². The lowest BCUT2D eigenvalue weighted by atomic mass is 9.79. The molecule has 2 N–H and O–H groups in total. The van der Waals surface area contributed by atoms with Crippen molar-refractivity contribution in [1.29, 1.82) is 0 Å². The van der Waals surface area contributed by atoms with Gasteiger partial charge in [0.2, 0.25) is 0 Å². The standard InChI is InChI=1S/C16H27N3/c1-2-19(13-16-9-5-6-10-18-16)12-15-8-4-3-7-14(15)11-17/h5-6,9-10,14-15H,2-4,7-8,11-13,17H2,1H3. The van der Waals surface area contributed by atoms with E-state index >= 15 is 0 Å². The van der Waals surface area contributed by atoms with Crippen LogP contribution in [-0.2, 0) is 6.54 Å². The lowest BCUT2D eigenvalue weighted by Gasteiger charge is -2.34. The maximum absolute atomic E-state index is 5.93. The highest BCUT2D eigenvalue weighted by atomic mass is 15.1. The molecule has 1 heterocycles. The second kappa shape index (κ2) is 7.61. The molecule has 2 atom stereocenters. The highest BCUT2D eigenvalue weighted by Crippen LogP contribution is 2.30. The summed E-state index contributed by atoms with van der Waals surface area (Å²) in [5.41, 5.74) is 7.10. The van der Waals surface area contributed by atoms with E-state index in [2.05, 4.69) is 28.9 Å². The summed E-state index contributed by atoms with van der Waals surface area (Å²) in [6.45, 7) is 6.32. The lowest BCUT2D eigenvalue weighted by molar-refractivity contribution is 0.153. The van der Waals surface area contributed by atoms with Crippen LogP contribution >= 0.6 is 0 Å². The van der Waals surface area contributed by atoms with Crippen LogP contribution in [0.1, 0.15) is 38.3 Å². The minimum Gasteiger partial charge on any atom is -0.330 e. The van der Waals surface area contributed by atoms with Crippen molar-refractivity contribution in [2.75, 3.05) is 19.6 Å². The van der Waals surface area contributed by atoms with Crippen LogP contribution in [0.25, 0.3) is 0 Å². The van der Waals surface area contributed by atoms with Gasteiger partial charge in [-0.15, -0.1) is 0 Å². The van der Waals surface area contributed by atoms with Gasteiger partial charge in [0.25, 0.3) is 0 Å². The zero-order valence-corrected chi connectivity index (χ0v) is 12.1. The number of hydrogen-bond acceptors (Lipinski definition) is 3. The van der Waals surface area contributed by atoms with Gasteiger partial charge in [-0.3, -0.25) is 9.88 Å². The van der Waals surface area contributed by atoms with Crippen LogP contribution in [0.5, 0.6) is 0 Å². The average molecular weight is 261 g/mol. The Balaban J connectivity index is 1.90. The molecule has 2 unspecified atom stereocenters. The molecule has 1 aromatic rings. The molecule has 2 rings (SSSR count). The van der Waals surface area contributed by atoms with E-state index < -0.39 is 0 Å². The van der Waals surface area contributed by atoms with Crippen LogP contribution < -0.4 is 5.73 Å². The zero-order chi connectivity index (χ0) is 13.5. The Hall–Kier alpha value is -0.930. The zero-order valence-electron chi connectivity index (χ0n) is 12.1. The summed E-state index contributed by atoms with van der Waals surface area (Å²) in [5, 5.41) is 0. The second-order valence-corrected chi connectivity index (χ2v) is 5.69. The van der Waals surface area contributed by atoms with E-state index in [-0.39, 0.29) is 0 Å². The Morgan fingerprint density at radius 3 is 2.68 bits per heavy atom. The Morgan fingerprint density at radius 2 is 2.05 bits per heavy atom. The fraction of sp³-hybridized carbons (Fsp3) is 0.688. The van der Waals surface area contributed by atoms with Gasteiger partial charge < -0.3 is 5.73 Å². The fourth-order valence-corrected chi connectivity index (χ4v) is 3.19. The van der Waals surface area contributed by atoms with Crippen molar-refractivity contribution < 1.29 is 0 Å². The molecule has 1 aromatic heterocycles. The van der Waals surface area contributed by atoms with Crippen molar-refractivity contribution in [1.82, 2.24) is 9.88 Å². The topological polar surface area (TPSA) is 42.2 Å². The minimum atomic E-state index is 0.728. The number of nitrogens with two attached hydrogens (primary N) is 1. The molecule has 3 heteroatoms. The summed E-state index contributed by atoms with van der Waals surface area (Å²) in [5.74, 6) is 1.51. The van der Waals surface area contributed by atoms with Gasteiger partial charge in [0.05, 0.1) is 5.69 Å². The quantitative estimate of drug-likeness (QED) is 0.856. The average Bonchev–Trinajstić information content (AvgIpc) is 2.48. The summed E-state index contributed by atoms with van der Waals surface area (Å²) in [6, 6.07) is 6.16. The molecule has 0 aliphatic heterocycles. The van der Waals surface area contributed by atoms with Gasteiger partial charge in [-0.2, -0.15) is 0 Å². The first-order valence-corrected chi connectivity index (χ1v) is 7.65. The lowest BCUT2D eigenvalue weighted by Crippen LogP contribution is -2.37. The van der Waals surface area contributed by atoms with E-state index in [4.69, 9.17) is 5.73 Å². The van der Waals surface area contributed by atoms with Gasteiger partial charge in [-0.25, -0.2) is 0 Å². The third kappa shape index (κ3) is 4.29. The Labute approximate surface area is 117 Å². The van der Waals surface area contributed by atoms with Crippen LogP contribution in [-0.4, -0.2) is 29.5 Å². The largest absolute Gasteiger partial charge is 0.330 e. The molecule has 1 aliphatic rings. The summed E-state index contributed by atoms with van der Waals surface area (Å²) in [4.78, 5) is 6.95. The Morgan fingerprint density at radius 1 is 1.26 bits per heavy atom. The first-order valence-electron chi connectivity index (χ1n) is 7.65. The highest BCUT2D eigenvalue weighted by Gasteiger charge is 2.25. The maximum atomic E-state index is 5.93. The minimum absolute atomic E-state index is 0.728. The van der Waals surface area contributed by atoms with Gasteiger partial charge in [0.1, 0.15) is 0 Å². The summed E-state index contributed by atoms with van der Waals surface area (Å²) in [6.07, 6.45) is 7.29. The number of hydrogen-bond donors (Lipinski definition) is 1. The molecular formula is C16H27N3. The highest BCUT2D eigenvalue weighted by molar-refractivity contribution is 5.03. The summed E-state index contributed by atoms with van der Waals surface area (Å²) < 4.78 is 0. The molecule has 19 heavy (non-hydrogen) atoms. The molecule has 106 valence electrons. The van der Waals surface area contributed by atoms with Crippen molar-refractivity contribution in [3.05, 3.63) is 30.1 Å². The molecule has 1 saturated carbocycles. The summed E-state index contributed by atoms with van der Waals surface area (Å²) >= 11 is 0. The smallest absolute Gasteiger partial charge is 0.0543 e. The van der Waals surface area contributed by atoms with Gasteiger partial charge in [0, 0.05) is 19.3 Å².